The van der Waals surface area contributed by atoms with Crippen LogP contribution in [0.15, 0.2) is 85.1 Å². The monoisotopic (exact) mass is 967 g/mol. The van der Waals surface area contributed by atoms with E-state index in [-0.39, 0.29) is 55.6 Å². The van der Waals surface area contributed by atoms with E-state index in [2.05, 4.69) is 78.7 Å². The minimum absolute atomic E-state index is 0.161. The molecule has 364 valence electrons. The number of rotatable bonds is 21. The second-order valence-corrected chi connectivity index (χ2v) is 25.7. The van der Waals surface area contributed by atoms with Gasteiger partial charge in [0.1, 0.15) is 44.4 Å². The Morgan fingerprint density at radius 2 is 1.43 bits per heavy atom. The number of anilines is 5. The fourth-order valence-corrected chi connectivity index (χ4v) is 14.0. The molecule has 15 nitrogen and oxygen atoms in total. The number of nitrogens with zero attached hydrogens (tertiary/aromatic N) is 1. The number of carboxylic acids is 1. The van der Waals surface area contributed by atoms with Crippen molar-refractivity contribution in [3.63, 3.8) is 0 Å². The van der Waals surface area contributed by atoms with E-state index >= 15 is 0 Å². The number of amides is 2. The van der Waals surface area contributed by atoms with E-state index in [9.17, 15) is 18.0 Å². The van der Waals surface area contributed by atoms with Gasteiger partial charge in [-0.2, -0.15) is 0 Å². The Hall–Kier alpha value is -6.32. The van der Waals surface area contributed by atoms with Crippen LogP contribution in [-0.4, -0.2) is 85.0 Å². The average molecular weight is 968 g/mol. The molecule has 0 unspecified atom stereocenters. The van der Waals surface area contributed by atoms with Crippen molar-refractivity contribution >= 4 is 69.4 Å². The van der Waals surface area contributed by atoms with E-state index < -0.39 is 30.1 Å². The summed E-state index contributed by atoms with van der Waals surface area (Å²) < 4.78 is 55.8. The summed E-state index contributed by atoms with van der Waals surface area (Å²) in [5.41, 5.74) is 8.05. The van der Waals surface area contributed by atoms with Gasteiger partial charge in [0.25, 0.3) is 0 Å². The number of methoxy groups -OCH3 is 1. The number of aromatic nitrogens is 1. The number of hydrogen-bond donors (Lipinski definition) is 5. The Labute approximate surface area is 401 Å². The molecular formula is C51H65N5O10SSi. The van der Waals surface area contributed by atoms with Crippen molar-refractivity contribution in [2.75, 3.05) is 67.1 Å². The highest BCUT2D eigenvalue weighted by Gasteiger charge is 2.41. The number of aliphatic carboxylic acids is 1. The Morgan fingerprint density at radius 3 is 2.07 bits per heavy atom. The molecule has 0 fully saturated rings. The number of ether oxygens (including phenoxy) is 5. The maximum atomic E-state index is 13.6. The van der Waals surface area contributed by atoms with E-state index in [4.69, 9.17) is 28.8 Å². The number of carboxylic acid groups (broad SMARTS) is 1. The third-order valence-electron chi connectivity index (χ3n) is 11.4. The van der Waals surface area contributed by atoms with Crippen LogP contribution in [0.2, 0.25) is 16.6 Å². The molecule has 1 aromatic heterocycles. The molecule has 0 aliphatic rings. The molecule has 0 saturated carbocycles. The highest BCUT2D eigenvalue weighted by Crippen LogP contribution is 2.42. The number of benzene rings is 4. The van der Waals surface area contributed by atoms with Crippen molar-refractivity contribution in [2.45, 2.75) is 84.4 Å². The van der Waals surface area contributed by atoms with Crippen molar-refractivity contribution in [3.05, 3.63) is 96.2 Å². The van der Waals surface area contributed by atoms with Crippen LogP contribution in [0.5, 0.6) is 23.0 Å². The number of sulfonamides is 1. The van der Waals surface area contributed by atoms with Crippen LogP contribution in [0.1, 0.15) is 73.4 Å². The van der Waals surface area contributed by atoms with Gasteiger partial charge in [0, 0.05) is 40.4 Å². The van der Waals surface area contributed by atoms with E-state index in [0.29, 0.717) is 56.5 Å². The van der Waals surface area contributed by atoms with Gasteiger partial charge in [0.05, 0.1) is 50.2 Å². The lowest BCUT2D eigenvalue weighted by molar-refractivity contribution is -0.142. The molecule has 0 bridgehead atoms. The van der Waals surface area contributed by atoms with Crippen LogP contribution < -0.4 is 34.9 Å². The van der Waals surface area contributed by atoms with Crippen LogP contribution in [-0.2, 0) is 29.7 Å². The number of urea groups is 1. The molecule has 17 heteroatoms. The molecule has 5 aromatic rings. The number of nitrogens with one attached hydrogen (secondary N) is 4. The average Bonchev–Trinajstić information content (AvgIpc) is 3.24. The van der Waals surface area contributed by atoms with Gasteiger partial charge in [-0.1, -0.05) is 92.5 Å². The van der Waals surface area contributed by atoms with Gasteiger partial charge in [0.2, 0.25) is 10.0 Å². The Kier molecular flexibility index (Phi) is 17.9. The van der Waals surface area contributed by atoms with Gasteiger partial charge in [-0.05, 0) is 70.1 Å². The molecule has 0 atom stereocenters. The third-order valence-corrected chi connectivity index (χ3v) is 18.2. The van der Waals surface area contributed by atoms with Crippen LogP contribution in [0.4, 0.5) is 33.4 Å². The maximum absolute atomic E-state index is 13.6. The molecule has 0 aliphatic carbocycles. The smallest absolute Gasteiger partial charge is 0.329 e. The zero-order chi connectivity index (χ0) is 49.8. The summed E-state index contributed by atoms with van der Waals surface area (Å²) in [6.45, 7) is 20.2. The summed E-state index contributed by atoms with van der Waals surface area (Å²) in [6.07, 6.45) is 2.70. The SMILES string of the molecule is COc1c(NC(=O)Nc2ccc(Oc3ccnc(Nc4cc(C#C[Si](C(C)C)(C(C)C)C(C)C)cc(OCCOCCOCC(=O)O)c4)c3)c3ccccc23)cc(C(C)(C)C)cc1NS(C)(=O)=O. The molecule has 0 saturated heterocycles. The van der Waals surface area contributed by atoms with Crippen molar-refractivity contribution in [1.82, 2.24) is 4.98 Å². The van der Waals surface area contributed by atoms with Crippen molar-refractivity contribution in [2.24, 2.45) is 0 Å². The number of fused-ring (bicyclic) bond motifs is 1. The third kappa shape index (κ3) is 14.3. The molecule has 0 radical (unpaired) electrons. The number of pyridine rings is 1. The first-order valence-corrected chi connectivity index (χ1v) is 26.6. The van der Waals surface area contributed by atoms with Gasteiger partial charge >= 0.3 is 12.0 Å². The molecule has 2 amide bonds. The predicted octanol–water partition coefficient (Wildman–Crippen LogP) is 11.2. The zero-order valence-corrected chi connectivity index (χ0v) is 42.6. The fraction of sp³-hybridized carbons (Fsp3) is 0.392. The molecule has 4 aromatic carbocycles. The standard InChI is InChI=1S/C51H65N5O10SSi/c1-33(2)68(34(3)4,35(5)6)25-19-36-26-38(30-40(27-36)65-24-23-63-21-22-64-32-48(57)58)53-47-31-39(18-20-52-47)66-46-17-16-43(41-14-12-13-15-42(41)46)54-50(59)55-44-28-37(51(7,8)9)29-45(49(44)62-10)56-67(11,60)61/h12-18,20,26-31,33-35,56H,21-24,32H2,1-11H3,(H,52,53)(H,57,58)(H2,54,55,59). The second kappa shape index (κ2) is 23.1. The van der Waals surface area contributed by atoms with Gasteiger partial charge in [0.15, 0.2) is 5.75 Å². The minimum atomic E-state index is -3.66. The first-order valence-electron chi connectivity index (χ1n) is 22.5. The number of carbonyl (C=O) groups excluding carboxylic acids is 1. The van der Waals surface area contributed by atoms with E-state index in [1.54, 1.807) is 42.6 Å². The molecule has 68 heavy (non-hydrogen) atoms. The van der Waals surface area contributed by atoms with E-state index in [1.165, 1.54) is 7.11 Å². The Balaban J connectivity index is 1.38. The normalized spacial score (nSPS) is 11.9. The lowest BCUT2D eigenvalue weighted by Gasteiger charge is -2.38. The largest absolute Gasteiger partial charge is 0.492 e. The van der Waals surface area contributed by atoms with E-state index in [1.807, 2.05) is 63.2 Å². The summed E-state index contributed by atoms with van der Waals surface area (Å²) in [5, 5.41) is 19.4. The van der Waals surface area contributed by atoms with Gasteiger partial charge in [-0.25, -0.2) is 23.0 Å². The second-order valence-electron chi connectivity index (χ2n) is 18.4. The number of carbonyl (C=O) groups is 2. The number of hydrogen-bond acceptors (Lipinski definition) is 11. The Morgan fingerprint density at radius 1 is 0.779 bits per heavy atom. The van der Waals surface area contributed by atoms with Crippen LogP contribution in [0, 0.1) is 11.5 Å². The van der Waals surface area contributed by atoms with Gasteiger partial charge < -0.3 is 44.7 Å². The predicted molar refractivity (Wildman–Crippen MR) is 273 cm³/mol. The van der Waals surface area contributed by atoms with Crippen molar-refractivity contribution in [1.29, 1.82) is 0 Å². The minimum Gasteiger partial charge on any atom is -0.492 e. The topological polar surface area (TPSA) is 196 Å². The quantitative estimate of drug-likeness (QED) is 0.0266. The first kappa shape index (κ1) is 52.6. The maximum Gasteiger partial charge on any atom is 0.329 e. The van der Waals surface area contributed by atoms with Crippen molar-refractivity contribution in [3.8, 4) is 34.5 Å². The van der Waals surface area contributed by atoms with Crippen LogP contribution >= 0.6 is 0 Å². The fourth-order valence-electron chi connectivity index (χ4n) is 8.25. The van der Waals surface area contributed by atoms with Crippen LogP contribution in [0.25, 0.3) is 10.8 Å². The molecular weight excluding hydrogens is 903 g/mol. The zero-order valence-electron chi connectivity index (χ0n) is 40.8. The Bertz CT molecular complexity index is 2720. The summed E-state index contributed by atoms with van der Waals surface area (Å²) in [6, 6.07) is 23.2. The highest BCUT2D eigenvalue weighted by molar-refractivity contribution is 7.92. The first-order chi connectivity index (χ1) is 32.1. The summed E-state index contributed by atoms with van der Waals surface area (Å²) in [5.74, 6) is 4.81. The molecule has 0 spiro atoms. The lowest BCUT2D eigenvalue weighted by Crippen LogP contribution is -2.43. The van der Waals surface area contributed by atoms with Crippen LogP contribution in [0.3, 0.4) is 0 Å². The summed E-state index contributed by atoms with van der Waals surface area (Å²) >= 11 is 0. The molecule has 5 rings (SSSR count). The molecule has 0 aliphatic heterocycles. The van der Waals surface area contributed by atoms with Crippen molar-refractivity contribution < 1.29 is 46.8 Å². The highest BCUT2D eigenvalue weighted by atomic mass is 32.2. The van der Waals surface area contributed by atoms with Gasteiger partial charge in [-0.15, -0.1) is 5.54 Å². The summed E-state index contributed by atoms with van der Waals surface area (Å²) in [4.78, 5) is 28.9. The molecule has 1 heterocycles. The molecule has 5 N–H and O–H groups in total. The van der Waals surface area contributed by atoms with E-state index in [0.717, 1.165) is 22.8 Å². The van der Waals surface area contributed by atoms with Gasteiger partial charge in [-0.3, -0.25) is 4.72 Å². The lowest BCUT2D eigenvalue weighted by atomic mass is 9.86. The summed E-state index contributed by atoms with van der Waals surface area (Å²) in [7, 11) is -4.31.